The van der Waals surface area contributed by atoms with Gasteiger partial charge in [0.2, 0.25) is 17.4 Å². The van der Waals surface area contributed by atoms with Crippen LogP contribution in [0, 0.1) is 58.2 Å². The molecule has 182 valence electrons. The number of benzene rings is 2. The van der Waals surface area contributed by atoms with Crippen LogP contribution in [0.1, 0.15) is 42.8 Å². The molecule has 0 N–H and O–H groups in total. The molecule has 0 aliphatic carbocycles. The summed E-state index contributed by atoms with van der Waals surface area (Å²) < 4.78 is 145. The molecule has 0 bridgehead atoms. The fraction of sp³-hybridized carbons (Fsp3) is 0.350. The van der Waals surface area contributed by atoms with Crippen molar-refractivity contribution in [1.82, 2.24) is 0 Å². The number of carbonyl (C=O) groups is 1. The van der Waals surface area contributed by atoms with Crippen LogP contribution in [-0.4, -0.2) is 14.1 Å². The molecule has 0 saturated heterocycles. The number of rotatable bonds is 5. The van der Waals surface area contributed by atoms with E-state index in [2.05, 4.69) is 0 Å². The van der Waals surface area contributed by atoms with Crippen LogP contribution in [0.5, 0.6) is 0 Å². The first-order valence-electron chi connectivity index (χ1n) is 9.11. The third kappa shape index (κ3) is 4.39. The van der Waals surface area contributed by atoms with Crippen molar-refractivity contribution in [2.24, 2.45) is 0 Å². The highest BCUT2D eigenvalue weighted by atomic mass is 28.4. The zero-order valence-electron chi connectivity index (χ0n) is 17.7. The average molecular weight is 506 g/mol. The van der Waals surface area contributed by atoms with E-state index >= 15 is 0 Å². The largest absolute Gasteiger partial charge is 0.402 e. The molecule has 0 aliphatic heterocycles. The molecular weight excluding hydrogens is 490 g/mol. The van der Waals surface area contributed by atoms with Crippen molar-refractivity contribution in [3.8, 4) is 0 Å². The van der Waals surface area contributed by atoms with Crippen molar-refractivity contribution in [2.75, 3.05) is 0 Å². The number of halogens is 10. The predicted octanol–water partition coefficient (Wildman–Crippen LogP) is 7.02. The molecule has 0 saturated carbocycles. The Morgan fingerprint density at radius 1 is 0.636 bits per heavy atom. The Morgan fingerprint density at radius 2 is 0.939 bits per heavy atom. The number of Topliss-reactive ketones (excluding diaryl/α,β-unsaturated/α-hetero) is 1. The minimum absolute atomic E-state index is 0.897. The Labute approximate surface area is 182 Å². The first-order valence-corrected chi connectivity index (χ1v) is 12.0. The molecule has 2 aromatic carbocycles. The van der Waals surface area contributed by atoms with E-state index in [1.165, 1.54) is 33.9 Å². The summed E-state index contributed by atoms with van der Waals surface area (Å²) in [5, 5.41) is -0.897. The topological polar surface area (TPSA) is 26.3 Å². The van der Waals surface area contributed by atoms with E-state index < -0.39 is 94.5 Å². The molecule has 0 spiro atoms. The van der Waals surface area contributed by atoms with Crippen molar-refractivity contribution in [3.63, 3.8) is 0 Å². The summed E-state index contributed by atoms with van der Waals surface area (Å²) in [4.78, 5) is 12.9. The van der Waals surface area contributed by atoms with Crippen molar-refractivity contribution in [2.45, 2.75) is 45.0 Å². The number of hydrogen-bond donors (Lipinski definition) is 0. The third-order valence-corrected chi connectivity index (χ3v) is 9.86. The highest BCUT2D eigenvalue weighted by molar-refractivity contribution is 6.74. The Kier molecular flexibility index (Phi) is 7.11. The maximum Gasteiger partial charge on any atom is 0.201 e. The quantitative estimate of drug-likeness (QED) is 0.143. The lowest BCUT2D eigenvalue weighted by Crippen LogP contribution is -2.44. The van der Waals surface area contributed by atoms with Gasteiger partial charge in [0.15, 0.2) is 54.9 Å². The Morgan fingerprint density at radius 3 is 1.27 bits per heavy atom. The number of hydrogen-bond acceptors (Lipinski definition) is 2. The lowest BCUT2D eigenvalue weighted by Gasteiger charge is -2.39. The predicted molar refractivity (Wildman–Crippen MR) is 97.8 cm³/mol. The van der Waals surface area contributed by atoms with Crippen molar-refractivity contribution >= 4 is 14.1 Å². The summed E-state index contributed by atoms with van der Waals surface area (Å²) >= 11 is 0. The van der Waals surface area contributed by atoms with Gasteiger partial charge < -0.3 is 4.43 Å². The third-order valence-electron chi connectivity index (χ3n) is 5.42. The Balaban J connectivity index is 2.92. The number of carbonyl (C=O) groups excluding carboxylic acids is 1. The van der Waals surface area contributed by atoms with Gasteiger partial charge in [-0.05, 0) is 18.1 Å². The van der Waals surface area contributed by atoms with E-state index in [0.29, 0.717) is 0 Å². The molecule has 0 amide bonds. The number of ketones is 1. The molecule has 0 heterocycles. The lowest BCUT2D eigenvalue weighted by atomic mass is 9.97. The fourth-order valence-electron chi connectivity index (χ4n) is 2.52. The van der Waals surface area contributed by atoms with Crippen LogP contribution in [-0.2, 0) is 4.43 Å². The molecule has 2 rings (SSSR count). The first kappa shape index (κ1) is 26.8. The molecule has 2 nitrogen and oxygen atoms in total. The average Bonchev–Trinajstić information content (AvgIpc) is 2.72. The van der Waals surface area contributed by atoms with Crippen LogP contribution < -0.4 is 0 Å². The van der Waals surface area contributed by atoms with Crippen LogP contribution in [0.3, 0.4) is 0 Å². The highest BCUT2D eigenvalue weighted by Crippen LogP contribution is 2.42. The van der Waals surface area contributed by atoms with Crippen molar-refractivity contribution < 1.29 is 53.1 Å². The highest BCUT2D eigenvalue weighted by Gasteiger charge is 2.46. The standard InChI is InChI=1S/C20H16F10O2Si/c1-20(2,3)33(4,5)32-19(7-10(23)14(27)17(30)15(28)11(7)24)18(31)6-8(21)12(25)16(29)13(26)9(6)22/h19H,1-5H3. The molecule has 0 aromatic heterocycles. The molecule has 1 unspecified atom stereocenters. The van der Waals surface area contributed by atoms with E-state index in [9.17, 15) is 48.7 Å². The van der Waals surface area contributed by atoms with Gasteiger partial charge in [0.25, 0.3) is 0 Å². The summed E-state index contributed by atoms with van der Waals surface area (Å²) in [5.74, 6) is -28.0. The molecule has 1 atom stereocenters. The van der Waals surface area contributed by atoms with E-state index in [4.69, 9.17) is 4.43 Å². The van der Waals surface area contributed by atoms with Gasteiger partial charge in [-0.3, -0.25) is 4.79 Å². The van der Waals surface area contributed by atoms with Crippen LogP contribution in [0.2, 0.25) is 18.1 Å². The van der Waals surface area contributed by atoms with Gasteiger partial charge >= 0.3 is 0 Å². The summed E-state index contributed by atoms with van der Waals surface area (Å²) in [6.45, 7) is 7.27. The summed E-state index contributed by atoms with van der Waals surface area (Å²) in [7, 11) is -3.41. The molecular formula is C20H16F10O2Si. The zero-order chi connectivity index (χ0) is 25.8. The smallest absolute Gasteiger partial charge is 0.201 e. The van der Waals surface area contributed by atoms with Gasteiger partial charge in [-0.15, -0.1) is 0 Å². The molecule has 0 fully saturated rings. The summed E-state index contributed by atoms with van der Waals surface area (Å²) in [6.07, 6.45) is -2.93. The monoisotopic (exact) mass is 506 g/mol. The van der Waals surface area contributed by atoms with Crippen LogP contribution in [0.15, 0.2) is 0 Å². The van der Waals surface area contributed by atoms with Gasteiger partial charge in [0, 0.05) is 0 Å². The van der Waals surface area contributed by atoms with Crippen molar-refractivity contribution in [1.29, 1.82) is 0 Å². The normalized spacial score (nSPS) is 13.4. The first-order chi connectivity index (χ1) is 14.9. The lowest BCUT2D eigenvalue weighted by molar-refractivity contribution is 0.0736. The fourth-order valence-corrected chi connectivity index (χ4v) is 3.69. The maximum atomic E-state index is 14.5. The second-order valence-electron chi connectivity index (χ2n) is 8.55. The Bertz CT molecular complexity index is 1080. The minimum atomic E-state index is -3.41. The van der Waals surface area contributed by atoms with Crippen LogP contribution in [0.4, 0.5) is 43.9 Å². The SMILES string of the molecule is CC(C)(C)[Si](C)(C)OC(C(=O)c1c(F)c(F)c(F)c(F)c1F)c1c(F)c(F)c(F)c(F)c1F. The van der Waals surface area contributed by atoms with Crippen molar-refractivity contribution in [3.05, 3.63) is 69.3 Å². The van der Waals surface area contributed by atoms with Gasteiger partial charge in [-0.1, -0.05) is 20.8 Å². The second kappa shape index (κ2) is 8.74. The zero-order valence-corrected chi connectivity index (χ0v) is 18.7. The van der Waals surface area contributed by atoms with E-state index in [1.54, 1.807) is 0 Å². The summed E-state index contributed by atoms with van der Waals surface area (Å²) in [6, 6.07) is 0. The van der Waals surface area contributed by atoms with Gasteiger partial charge in [0.1, 0.15) is 6.10 Å². The maximum absolute atomic E-state index is 14.5. The molecule has 0 radical (unpaired) electrons. The van der Waals surface area contributed by atoms with Gasteiger partial charge in [0.05, 0.1) is 11.1 Å². The molecule has 0 aliphatic rings. The molecule has 2 aromatic rings. The van der Waals surface area contributed by atoms with Crippen LogP contribution in [0.25, 0.3) is 0 Å². The van der Waals surface area contributed by atoms with E-state index in [-0.39, 0.29) is 0 Å². The van der Waals surface area contributed by atoms with E-state index in [0.717, 1.165) is 0 Å². The van der Waals surface area contributed by atoms with Gasteiger partial charge in [-0.25, -0.2) is 43.9 Å². The van der Waals surface area contributed by atoms with Gasteiger partial charge in [-0.2, -0.15) is 0 Å². The van der Waals surface area contributed by atoms with Crippen LogP contribution >= 0.6 is 0 Å². The molecule has 33 heavy (non-hydrogen) atoms. The molecule has 13 heteroatoms. The summed E-state index contributed by atoms with van der Waals surface area (Å²) in [5.41, 5.74) is -4.08. The second-order valence-corrected chi connectivity index (χ2v) is 13.3. The van der Waals surface area contributed by atoms with E-state index in [1.807, 2.05) is 0 Å². The Hall–Kier alpha value is -2.41. The minimum Gasteiger partial charge on any atom is -0.402 e.